The maximum Gasteiger partial charge on any atom is 0.251 e. The minimum absolute atomic E-state index is 0.199. The summed E-state index contributed by atoms with van der Waals surface area (Å²) in [7, 11) is 1.95. The fraction of sp³-hybridized carbons (Fsp3) is 0.562. The highest BCUT2D eigenvalue weighted by molar-refractivity contribution is 7.89. The van der Waals surface area contributed by atoms with Gasteiger partial charge in [0.1, 0.15) is 0 Å². The zero-order valence-corrected chi connectivity index (χ0v) is 15.2. The van der Waals surface area contributed by atoms with E-state index < -0.39 is 10.0 Å². The smallest absolute Gasteiger partial charge is 0.251 e. The summed E-state index contributed by atoms with van der Waals surface area (Å²) < 4.78 is 26.1. The summed E-state index contributed by atoms with van der Waals surface area (Å²) in [6, 6.07) is 6.06. The van der Waals surface area contributed by atoms with Gasteiger partial charge < -0.3 is 10.2 Å². The molecule has 0 aliphatic carbocycles. The van der Waals surface area contributed by atoms with E-state index in [1.807, 2.05) is 25.9 Å². The van der Waals surface area contributed by atoms with Crippen LogP contribution in [0, 0.1) is 0 Å². The van der Waals surface area contributed by atoms with Crippen LogP contribution in [0.5, 0.6) is 0 Å². The molecular formula is C16H27N3O3S. The van der Waals surface area contributed by atoms with Gasteiger partial charge in [0, 0.05) is 32.2 Å². The molecule has 0 radical (unpaired) electrons. The van der Waals surface area contributed by atoms with E-state index in [-0.39, 0.29) is 10.8 Å². The van der Waals surface area contributed by atoms with Gasteiger partial charge >= 0.3 is 0 Å². The molecule has 6 nitrogen and oxygen atoms in total. The maximum atomic E-state index is 12.4. The van der Waals surface area contributed by atoms with Crippen molar-refractivity contribution < 1.29 is 13.2 Å². The highest BCUT2D eigenvalue weighted by Crippen LogP contribution is 2.15. The monoisotopic (exact) mass is 341 g/mol. The molecule has 1 rings (SSSR count). The number of carbonyl (C=O) groups is 1. The number of unbranched alkanes of at least 4 members (excludes halogenated alkanes) is 1. The zero-order chi connectivity index (χ0) is 17.5. The number of carbonyl (C=O) groups excluding carboxylic acids is 1. The van der Waals surface area contributed by atoms with Gasteiger partial charge in [-0.25, -0.2) is 12.7 Å². The van der Waals surface area contributed by atoms with Crippen molar-refractivity contribution in [2.45, 2.75) is 24.7 Å². The van der Waals surface area contributed by atoms with Crippen LogP contribution in [0.15, 0.2) is 29.2 Å². The van der Waals surface area contributed by atoms with Crippen LogP contribution < -0.4 is 5.32 Å². The minimum atomic E-state index is -3.49. The molecule has 0 unspecified atom stereocenters. The number of amides is 1. The molecule has 1 aromatic carbocycles. The molecule has 1 aromatic rings. The minimum Gasteiger partial charge on any atom is -0.351 e. The first-order chi connectivity index (χ1) is 10.8. The second-order valence-electron chi connectivity index (χ2n) is 5.76. The Balaban J connectivity index is 2.73. The Morgan fingerprint density at radius 2 is 1.70 bits per heavy atom. The molecule has 0 aliphatic heterocycles. The molecular weight excluding hydrogens is 314 g/mol. The van der Waals surface area contributed by atoms with Gasteiger partial charge in [0.05, 0.1) is 4.90 Å². The number of hydrogen-bond donors (Lipinski definition) is 1. The first-order valence-electron chi connectivity index (χ1n) is 7.78. The molecule has 0 heterocycles. The Hall–Kier alpha value is -1.44. The third-order valence-corrected chi connectivity index (χ3v) is 5.37. The van der Waals surface area contributed by atoms with Crippen molar-refractivity contribution in [3.63, 3.8) is 0 Å². The predicted molar refractivity (Wildman–Crippen MR) is 92.1 cm³/mol. The largest absolute Gasteiger partial charge is 0.351 e. The van der Waals surface area contributed by atoms with E-state index in [0.717, 1.165) is 19.4 Å². The molecule has 23 heavy (non-hydrogen) atoms. The number of nitrogens with one attached hydrogen (secondary N) is 1. The van der Waals surface area contributed by atoms with Crippen LogP contribution in [0.25, 0.3) is 0 Å². The molecule has 1 amide bonds. The Kier molecular flexibility index (Phi) is 7.67. The van der Waals surface area contributed by atoms with E-state index in [0.29, 0.717) is 18.7 Å². The lowest BCUT2D eigenvalue weighted by Gasteiger charge is -2.17. The lowest BCUT2D eigenvalue weighted by molar-refractivity contribution is 0.0951. The molecule has 0 fully saturated rings. The number of nitrogens with zero attached hydrogens (tertiary/aromatic N) is 2. The van der Waals surface area contributed by atoms with Crippen molar-refractivity contribution in [2.75, 3.05) is 40.8 Å². The summed E-state index contributed by atoms with van der Waals surface area (Å²) in [5, 5.41) is 2.80. The molecule has 0 spiro atoms. The Bertz CT molecular complexity index is 598. The Morgan fingerprint density at radius 3 is 2.22 bits per heavy atom. The Morgan fingerprint density at radius 1 is 1.09 bits per heavy atom. The molecule has 0 atom stereocenters. The zero-order valence-electron chi connectivity index (χ0n) is 14.4. The summed E-state index contributed by atoms with van der Waals surface area (Å²) in [5.41, 5.74) is 0.457. The highest BCUT2D eigenvalue weighted by Gasteiger charge is 2.20. The summed E-state index contributed by atoms with van der Waals surface area (Å²) in [4.78, 5) is 14.2. The van der Waals surface area contributed by atoms with Crippen LogP contribution in [0.2, 0.25) is 0 Å². The molecule has 0 aromatic heterocycles. The average Bonchev–Trinajstić information content (AvgIpc) is 2.52. The van der Waals surface area contributed by atoms with E-state index in [1.165, 1.54) is 16.4 Å². The van der Waals surface area contributed by atoms with Gasteiger partial charge in [0.25, 0.3) is 5.91 Å². The number of benzene rings is 1. The SMILES string of the molecule is CCCCN(C)S(=O)(=O)c1ccc(C(=O)NCCN(C)C)cc1. The van der Waals surface area contributed by atoms with Crippen LogP contribution in [-0.4, -0.2) is 64.3 Å². The van der Waals surface area contributed by atoms with Crippen LogP contribution in [0.4, 0.5) is 0 Å². The Labute approximate surface area is 139 Å². The summed E-state index contributed by atoms with van der Waals surface area (Å²) in [6.07, 6.45) is 1.76. The van der Waals surface area contributed by atoms with Crippen LogP contribution in [0.1, 0.15) is 30.1 Å². The summed E-state index contributed by atoms with van der Waals surface area (Å²) in [5.74, 6) is -0.199. The van der Waals surface area contributed by atoms with E-state index in [1.54, 1.807) is 19.2 Å². The first-order valence-corrected chi connectivity index (χ1v) is 9.22. The van der Waals surface area contributed by atoms with Crippen molar-refractivity contribution in [2.24, 2.45) is 0 Å². The fourth-order valence-electron chi connectivity index (χ4n) is 1.95. The van der Waals surface area contributed by atoms with Gasteiger partial charge in [-0.3, -0.25) is 4.79 Å². The normalized spacial score (nSPS) is 11.9. The van der Waals surface area contributed by atoms with E-state index in [2.05, 4.69) is 5.32 Å². The van der Waals surface area contributed by atoms with Crippen LogP contribution in [0.3, 0.4) is 0 Å². The van der Waals surface area contributed by atoms with Crippen molar-refractivity contribution in [3.8, 4) is 0 Å². The number of rotatable bonds is 9. The van der Waals surface area contributed by atoms with E-state index in [9.17, 15) is 13.2 Å². The molecule has 0 aliphatic rings. The first kappa shape index (κ1) is 19.6. The standard InChI is InChI=1S/C16H27N3O3S/c1-5-6-12-19(4)23(21,22)15-9-7-14(8-10-15)16(20)17-11-13-18(2)3/h7-10H,5-6,11-13H2,1-4H3,(H,17,20). The van der Waals surface area contributed by atoms with Crippen LogP contribution >= 0.6 is 0 Å². The third-order valence-electron chi connectivity index (χ3n) is 3.50. The average molecular weight is 341 g/mol. The number of likely N-dealkylation sites (N-methyl/N-ethyl adjacent to an activating group) is 1. The number of sulfonamides is 1. The molecule has 7 heteroatoms. The predicted octanol–water partition coefficient (Wildman–Crippen LogP) is 1.40. The van der Waals surface area contributed by atoms with Crippen molar-refractivity contribution in [1.82, 2.24) is 14.5 Å². The van der Waals surface area contributed by atoms with Gasteiger partial charge in [0.15, 0.2) is 0 Å². The van der Waals surface area contributed by atoms with Crippen molar-refractivity contribution in [3.05, 3.63) is 29.8 Å². The van der Waals surface area contributed by atoms with Gasteiger partial charge in [0.2, 0.25) is 10.0 Å². The number of hydrogen-bond acceptors (Lipinski definition) is 4. The van der Waals surface area contributed by atoms with E-state index in [4.69, 9.17) is 0 Å². The second kappa shape index (κ2) is 9.00. The molecule has 0 bridgehead atoms. The molecule has 130 valence electrons. The van der Waals surface area contributed by atoms with Crippen molar-refractivity contribution in [1.29, 1.82) is 0 Å². The summed E-state index contributed by atoms with van der Waals surface area (Å²) in [6.45, 7) is 3.81. The highest BCUT2D eigenvalue weighted by atomic mass is 32.2. The molecule has 1 N–H and O–H groups in total. The maximum absolute atomic E-state index is 12.4. The molecule has 0 saturated heterocycles. The fourth-order valence-corrected chi connectivity index (χ4v) is 3.16. The van der Waals surface area contributed by atoms with Gasteiger partial charge in [-0.2, -0.15) is 0 Å². The lowest BCUT2D eigenvalue weighted by Crippen LogP contribution is -2.31. The second-order valence-corrected chi connectivity index (χ2v) is 7.81. The van der Waals surface area contributed by atoms with Gasteiger partial charge in [-0.05, 0) is 44.8 Å². The quantitative estimate of drug-likeness (QED) is 0.737. The lowest BCUT2D eigenvalue weighted by atomic mass is 10.2. The van der Waals surface area contributed by atoms with Gasteiger partial charge in [-0.15, -0.1) is 0 Å². The van der Waals surface area contributed by atoms with Crippen LogP contribution in [-0.2, 0) is 10.0 Å². The molecule has 0 saturated carbocycles. The third kappa shape index (κ3) is 5.93. The summed E-state index contributed by atoms with van der Waals surface area (Å²) >= 11 is 0. The topological polar surface area (TPSA) is 69.7 Å². The van der Waals surface area contributed by atoms with Gasteiger partial charge in [-0.1, -0.05) is 13.3 Å². The van der Waals surface area contributed by atoms with E-state index >= 15 is 0 Å². The van der Waals surface area contributed by atoms with Crippen molar-refractivity contribution >= 4 is 15.9 Å².